The molecule has 4 rings (SSSR count). The molecule has 19 atom stereocenters. The number of hydrogen-bond acceptors (Lipinski definition) is 19. The summed E-state index contributed by atoms with van der Waals surface area (Å²) in [6, 6.07) is 0. The van der Waals surface area contributed by atoms with Gasteiger partial charge in [0.05, 0.1) is 25.9 Å². The molecule has 4 aliphatic rings. The highest BCUT2D eigenvalue weighted by Crippen LogP contribution is 2.34. The Balaban J connectivity index is 1.61. The van der Waals surface area contributed by atoms with Crippen LogP contribution in [0, 0.1) is 0 Å². The Morgan fingerprint density at radius 3 is 1.76 bits per heavy atom. The Hall–Kier alpha value is -0.760. The minimum absolute atomic E-state index is 0.469. The topological polar surface area (TPSA) is 307 Å². The van der Waals surface area contributed by atoms with Gasteiger partial charge in [0.25, 0.3) is 0 Å². The van der Waals surface area contributed by atoms with E-state index in [2.05, 4.69) is 0 Å². The summed E-state index contributed by atoms with van der Waals surface area (Å²) in [5, 5.41) is 123. The molecule has 4 heterocycles. The van der Waals surface area contributed by atoms with Crippen LogP contribution in [0.2, 0.25) is 0 Å². The smallest absolute Gasteiger partial charge is 0.187 e. The predicted molar refractivity (Wildman–Crippen MR) is 126 cm³/mol. The van der Waals surface area contributed by atoms with Crippen molar-refractivity contribution in [3.8, 4) is 0 Å². The van der Waals surface area contributed by atoms with Crippen molar-refractivity contribution in [2.75, 3.05) is 19.8 Å². The van der Waals surface area contributed by atoms with Crippen LogP contribution in [-0.4, -0.2) is 198 Å². The van der Waals surface area contributed by atoms with Crippen molar-refractivity contribution in [1.29, 1.82) is 0 Å². The third kappa shape index (κ3) is 6.74. The maximum absolute atomic E-state index is 10.9. The van der Waals surface area contributed by atoms with Crippen molar-refractivity contribution >= 4 is 0 Å². The molecule has 0 saturated carbocycles. The highest BCUT2D eigenvalue weighted by Gasteiger charge is 2.55. The molecule has 246 valence electrons. The lowest BCUT2D eigenvalue weighted by Gasteiger charge is -2.49. The monoisotopic (exact) mass is 620 g/mol. The van der Waals surface area contributed by atoms with Gasteiger partial charge in [-0.05, 0) is 6.92 Å². The average Bonchev–Trinajstić information content (AvgIpc) is 2.97. The summed E-state index contributed by atoms with van der Waals surface area (Å²) < 4.78 is 38.5. The quantitative estimate of drug-likeness (QED) is 0.120. The fourth-order valence-corrected chi connectivity index (χ4v) is 5.18. The number of aliphatic hydroxyl groups excluding tert-OH is 12. The summed E-state index contributed by atoms with van der Waals surface area (Å²) >= 11 is 0. The highest BCUT2D eigenvalue weighted by atomic mass is 16.8. The van der Waals surface area contributed by atoms with Gasteiger partial charge in [-0.1, -0.05) is 0 Å². The van der Waals surface area contributed by atoms with E-state index in [4.69, 9.17) is 33.2 Å². The second kappa shape index (κ2) is 14.1. The van der Waals surface area contributed by atoms with Gasteiger partial charge in [0.15, 0.2) is 25.2 Å². The third-order valence-electron chi connectivity index (χ3n) is 7.77. The van der Waals surface area contributed by atoms with Gasteiger partial charge < -0.3 is 94.4 Å². The van der Waals surface area contributed by atoms with Crippen molar-refractivity contribution in [2.45, 2.75) is 124 Å². The van der Waals surface area contributed by atoms with Crippen LogP contribution in [0.5, 0.6) is 0 Å². The summed E-state index contributed by atoms with van der Waals surface area (Å²) in [6.07, 6.45) is -32.1. The highest BCUT2D eigenvalue weighted by molar-refractivity contribution is 4.97. The predicted octanol–water partition coefficient (Wildman–Crippen LogP) is -8.08. The minimum atomic E-state index is -1.98. The fourth-order valence-electron chi connectivity index (χ4n) is 5.18. The van der Waals surface area contributed by atoms with Gasteiger partial charge in [-0.15, -0.1) is 0 Å². The largest absolute Gasteiger partial charge is 0.394 e. The zero-order valence-electron chi connectivity index (χ0n) is 22.3. The Bertz CT molecular complexity index is 855. The first-order valence-electron chi connectivity index (χ1n) is 13.4. The fraction of sp³-hybridized carbons (Fsp3) is 1.00. The van der Waals surface area contributed by atoms with Gasteiger partial charge in [0, 0.05) is 0 Å². The second-order valence-corrected chi connectivity index (χ2v) is 10.7. The summed E-state index contributed by atoms with van der Waals surface area (Å²) in [5.74, 6) is 0. The summed E-state index contributed by atoms with van der Waals surface area (Å²) in [5.41, 5.74) is 0. The van der Waals surface area contributed by atoms with Gasteiger partial charge in [-0.3, -0.25) is 0 Å². The molecule has 0 aliphatic carbocycles. The summed E-state index contributed by atoms with van der Waals surface area (Å²) in [6.45, 7) is -0.781. The molecular weight excluding hydrogens is 580 g/mol. The van der Waals surface area contributed by atoms with Crippen LogP contribution >= 0.6 is 0 Å². The molecule has 4 aliphatic heterocycles. The molecule has 19 nitrogen and oxygen atoms in total. The summed E-state index contributed by atoms with van der Waals surface area (Å²) in [7, 11) is 0. The van der Waals surface area contributed by atoms with Crippen molar-refractivity contribution in [1.82, 2.24) is 0 Å². The lowest BCUT2D eigenvalue weighted by molar-refractivity contribution is -0.396. The average molecular weight is 621 g/mol. The molecule has 0 bridgehead atoms. The Morgan fingerprint density at radius 1 is 0.524 bits per heavy atom. The van der Waals surface area contributed by atoms with E-state index in [1.165, 1.54) is 6.92 Å². The van der Waals surface area contributed by atoms with Crippen molar-refractivity contribution in [3.63, 3.8) is 0 Å². The van der Waals surface area contributed by atoms with E-state index < -0.39 is 137 Å². The summed E-state index contributed by atoms with van der Waals surface area (Å²) in [4.78, 5) is 0. The van der Waals surface area contributed by atoms with Crippen molar-refractivity contribution in [2.24, 2.45) is 0 Å². The first kappa shape index (κ1) is 34.1. The Morgan fingerprint density at radius 2 is 1.12 bits per heavy atom. The number of hydrogen-bond donors (Lipinski definition) is 12. The molecule has 0 radical (unpaired) electrons. The van der Waals surface area contributed by atoms with E-state index in [0.717, 1.165) is 0 Å². The number of rotatable bonds is 8. The third-order valence-corrected chi connectivity index (χ3v) is 7.77. The Labute approximate surface area is 238 Å². The molecule has 0 aromatic heterocycles. The van der Waals surface area contributed by atoms with Crippen LogP contribution in [0.4, 0.5) is 0 Å². The second-order valence-electron chi connectivity index (χ2n) is 10.7. The number of aliphatic hydroxyl groups is 12. The van der Waals surface area contributed by atoms with Crippen molar-refractivity contribution < 1.29 is 94.4 Å². The minimum Gasteiger partial charge on any atom is -0.394 e. The van der Waals surface area contributed by atoms with E-state index >= 15 is 0 Å². The molecule has 4 saturated heterocycles. The van der Waals surface area contributed by atoms with Gasteiger partial charge in [-0.2, -0.15) is 0 Å². The van der Waals surface area contributed by atoms with E-state index in [9.17, 15) is 61.3 Å². The van der Waals surface area contributed by atoms with Crippen LogP contribution in [-0.2, 0) is 33.2 Å². The molecule has 0 unspecified atom stereocenters. The molecule has 12 N–H and O–H groups in total. The van der Waals surface area contributed by atoms with E-state index in [1.54, 1.807) is 0 Å². The molecule has 0 aromatic carbocycles. The van der Waals surface area contributed by atoms with E-state index in [-0.39, 0.29) is 0 Å². The Kier molecular flexibility index (Phi) is 11.5. The van der Waals surface area contributed by atoms with Crippen LogP contribution in [0.25, 0.3) is 0 Å². The maximum atomic E-state index is 10.9. The van der Waals surface area contributed by atoms with Crippen molar-refractivity contribution in [3.05, 3.63) is 0 Å². The van der Waals surface area contributed by atoms with E-state index in [0.29, 0.717) is 0 Å². The molecule has 4 fully saturated rings. The molecule has 0 spiro atoms. The van der Waals surface area contributed by atoms with Gasteiger partial charge in [-0.25, -0.2) is 0 Å². The standard InChI is InChI=1S/C23H40O19/c1-5-9(27)12(30)15(33)22(37-5)42-19-13(31)11(29)7(2-24)39-23(19)41-18-16(34)20(35)38-8(3-25)17(18)40-21-14(32)10(28)6(26)4-36-21/h5-35H,2-4H2,1H3/t5-,6+,7+,8+,9-,10-,11+,12+,13-,14+,15+,16+,17+,18+,19+,20+,21-,22-,23-/m0/s1. The zero-order valence-corrected chi connectivity index (χ0v) is 22.3. The molecule has 0 amide bonds. The molecular formula is C23H40O19. The first-order chi connectivity index (χ1) is 19.8. The van der Waals surface area contributed by atoms with Gasteiger partial charge in [0.1, 0.15) is 85.5 Å². The van der Waals surface area contributed by atoms with Crippen LogP contribution in [0.1, 0.15) is 6.92 Å². The van der Waals surface area contributed by atoms with Gasteiger partial charge in [0.2, 0.25) is 0 Å². The zero-order chi connectivity index (χ0) is 31.0. The number of ether oxygens (including phenoxy) is 7. The van der Waals surface area contributed by atoms with E-state index in [1.807, 2.05) is 0 Å². The molecule has 19 heteroatoms. The van der Waals surface area contributed by atoms with Crippen LogP contribution in [0.15, 0.2) is 0 Å². The lowest BCUT2D eigenvalue weighted by Crippen LogP contribution is -2.67. The lowest BCUT2D eigenvalue weighted by atomic mass is 9.96. The van der Waals surface area contributed by atoms with Gasteiger partial charge >= 0.3 is 0 Å². The van der Waals surface area contributed by atoms with Crippen LogP contribution in [0.3, 0.4) is 0 Å². The first-order valence-corrected chi connectivity index (χ1v) is 13.4. The normalized spacial score (nSPS) is 54.1. The SMILES string of the molecule is C[C@@H]1O[C@@H](O[C@H]2[C@H](O[C@@H]3[C@@H](O)[C@H](O)O[C@H](CO)[C@H]3O[C@@H]3OC[C@@H](O)[C@H](O)[C@H]3O)O[C@H](CO)[C@@H](O)[C@@H]2O)[C@H](O)[C@H](O)[C@H]1O. The van der Waals surface area contributed by atoms with Crippen LogP contribution < -0.4 is 0 Å². The molecule has 0 aromatic rings. The molecule has 42 heavy (non-hydrogen) atoms. The maximum Gasteiger partial charge on any atom is 0.187 e.